The number of fused-ring (bicyclic) bond motifs is 5. The minimum atomic E-state index is -0.660. The van der Waals surface area contributed by atoms with Gasteiger partial charge in [-0.3, -0.25) is 9.36 Å². The molecule has 1 saturated carbocycles. The van der Waals surface area contributed by atoms with Crippen LogP contribution in [0.25, 0.3) is 33.7 Å². The number of aromatic nitrogens is 4. The van der Waals surface area contributed by atoms with Gasteiger partial charge in [-0.2, -0.15) is 5.26 Å². The van der Waals surface area contributed by atoms with Crippen molar-refractivity contribution in [1.29, 1.82) is 5.26 Å². The van der Waals surface area contributed by atoms with E-state index in [0.29, 0.717) is 70.7 Å². The Labute approximate surface area is 293 Å². The highest BCUT2D eigenvalue weighted by molar-refractivity contribution is 6.09. The Kier molecular flexibility index (Phi) is 8.42. The van der Waals surface area contributed by atoms with Gasteiger partial charge in [-0.25, -0.2) is 14.2 Å². The van der Waals surface area contributed by atoms with Gasteiger partial charge < -0.3 is 24.2 Å². The summed E-state index contributed by atoms with van der Waals surface area (Å²) >= 11 is 0. The first-order valence-electron chi connectivity index (χ1n) is 17.6. The molecule has 0 radical (unpaired) electrons. The number of oxazole rings is 1. The van der Waals surface area contributed by atoms with E-state index in [0.717, 1.165) is 50.8 Å². The summed E-state index contributed by atoms with van der Waals surface area (Å²) in [6.07, 6.45) is 6.86. The van der Waals surface area contributed by atoms with Gasteiger partial charge in [0, 0.05) is 24.6 Å². The van der Waals surface area contributed by atoms with E-state index in [2.05, 4.69) is 20.8 Å². The molecule has 9 rings (SSSR count). The lowest BCUT2D eigenvalue weighted by Crippen LogP contribution is -2.42. The van der Waals surface area contributed by atoms with Crippen molar-refractivity contribution in [3.8, 4) is 28.7 Å². The Hall–Kier alpha value is -5.35. The maximum absolute atomic E-state index is 14.4. The third-order valence-corrected chi connectivity index (χ3v) is 10.5. The number of anilines is 1. The van der Waals surface area contributed by atoms with E-state index in [9.17, 15) is 14.0 Å². The first-order valence-corrected chi connectivity index (χ1v) is 17.6. The number of hydrogen-bond acceptors (Lipinski definition) is 10. The lowest BCUT2D eigenvalue weighted by molar-refractivity contribution is -0.117. The van der Waals surface area contributed by atoms with Crippen LogP contribution in [0.4, 0.5) is 10.2 Å². The van der Waals surface area contributed by atoms with Gasteiger partial charge in [0.2, 0.25) is 11.8 Å². The van der Waals surface area contributed by atoms with Crippen LogP contribution in [0.3, 0.4) is 0 Å². The number of carbonyl (C=O) groups excluding carboxylic acids is 1. The zero-order chi connectivity index (χ0) is 35.3. The minimum Gasteiger partial charge on any atom is -0.420 e. The summed E-state index contributed by atoms with van der Waals surface area (Å²) in [7, 11) is 0. The summed E-state index contributed by atoms with van der Waals surface area (Å²) in [5.74, 6) is -0.414. The molecule has 2 bridgehead atoms. The molecule has 6 heterocycles. The van der Waals surface area contributed by atoms with Gasteiger partial charge in [0.25, 0.3) is 5.91 Å². The van der Waals surface area contributed by atoms with Crippen molar-refractivity contribution >= 4 is 22.8 Å². The van der Waals surface area contributed by atoms with E-state index in [4.69, 9.17) is 23.8 Å². The zero-order valence-corrected chi connectivity index (χ0v) is 28.6. The predicted molar refractivity (Wildman–Crippen MR) is 186 cm³/mol. The van der Waals surface area contributed by atoms with Gasteiger partial charge in [-0.1, -0.05) is 26.0 Å². The van der Waals surface area contributed by atoms with Crippen LogP contribution >= 0.6 is 0 Å². The summed E-state index contributed by atoms with van der Waals surface area (Å²) < 4.78 is 34.0. The molecular weight excluding hydrogens is 653 g/mol. The Balaban J connectivity index is 1.29. The number of benzene rings is 2. The summed E-state index contributed by atoms with van der Waals surface area (Å²) in [4.78, 5) is 32.3. The fraction of sp³-hybridized carbons (Fsp3) is 0.421. The molecular formula is C38H38FN7O5. The van der Waals surface area contributed by atoms with Crippen molar-refractivity contribution in [2.24, 2.45) is 5.41 Å². The average molecular weight is 692 g/mol. The monoisotopic (exact) mass is 691 g/mol. The van der Waals surface area contributed by atoms with Crippen LogP contribution in [-0.2, 0) is 17.7 Å². The number of nitriles is 1. The summed E-state index contributed by atoms with van der Waals surface area (Å²) in [5, 5.41) is 24.4. The molecule has 3 fully saturated rings. The number of rotatable bonds is 8. The highest BCUT2D eigenvalue weighted by atomic mass is 19.1. The highest BCUT2D eigenvalue weighted by Gasteiger charge is 2.41. The number of halogens is 1. The Bertz CT molecular complexity index is 2240. The van der Waals surface area contributed by atoms with Gasteiger partial charge in [0.1, 0.15) is 17.7 Å². The number of hydrogen-bond donors (Lipinski definition) is 2. The van der Waals surface area contributed by atoms with Crippen LogP contribution in [0.15, 0.2) is 50.0 Å². The number of nitrogens with zero attached hydrogens (tertiary/aromatic N) is 5. The van der Waals surface area contributed by atoms with Crippen LogP contribution in [0.5, 0.6) is 0 Å². The molecule has 0 atom stereocenters. The fourth-order valence-electron chi connectivity index (χ4n) is 7.65. The topological polar surface area (TPSA) is 161 Å². The third-order valence-electron chi connectivity index (χ3n) is 10.5. The van der Waals surface area contributed by atoms with E-state index >= 15 is 0 Å². The smallest absolute Gasteiger partial charge is 0.420 e. The van der Waals surface area contributed by atoms with Crippen LogP contribution in [0, 0.1) is 22.6 Å². The summed E-state index contributed by atoms with van der Waals surface area (Å²) in [5.41, 5.74) is 4.05. The van der Waals surface area contributed by atoms with E-state index in [1.807, 2.05) is 26.0 Å². The lowest BCUT2D eigenvalue weighted by Gasteiger charge is -2.46. The third kappa shape index (κ3) is 6.07. The molecule has 2 aromatic carbocycles. The molecule has 12 nitrogen and oxygen atoms in total. The summed E-state index contributed by atoms with van der Waals surface area (Å²) in [6.45, 7) is 5.80. The summed E-state index contributed by atoms with van der Waals surface area (Å²) in [6, 6.07) is 11.4. The normalized spacial score (nSPS) is 20.1. The Morgan fingerprint density at radius 2 is 1.86 bits per heavy atom. The second-order valence-corrected chi connectivity index (χ2v) is 14.2. The molecule has 3 aromatic heterocycles. The van der Waals surface area contributed by atoms with Gasteiger partial charge in [0.15, 0.2) is 5.58 Å². The molecule has 262 valence electrons. The number of amides is 1. The van der Waals surface area contributed by atoms with Crippen molar-refractivity contribution in [3.63, 3.8) is 0 Å². The molecule has 13 heteroatoms. The first kappa shape index (κ1) is 32.8. The van der Waals surface area contributed by atoms with Gasteiger partial charge in [0.05, 0.1) is 47.2 Å². The van der Waals surface area contributed by atoms with Crippen LogP contribution in [-0.4, -0.2) is 51.5 Å². The van der Waals surface area contributed by atoms with E-state index in [1.165, 1.54) is 16.7 Å². The second kappa shape index (κ2) is 13.1. The number of ether oxygens (including phenoxy) is 1. The van der Waals surface area contributed by atoms with Crippen molar-refractivity contribution in [1.82, 2.24) is 25.1 Å². The Morgan fingerprint density at radius 1 is 1.04 bits per heavy atom. The molecule has 4 aliphatic rings. The van der Waals surface area contributed by atoms with Crippen LogP contribution in [0.1, 0.15) is 91.4 Å². The van der Waals surface area contributed by atoms with Crippen LogP contribution in [0.2, 0.25) is 0 Å². The maximum atomic E-state index is 14.4. The molecule has 0 spiro atoms. The number of aryl methyl sites for hydroxylation is 1. The lowest BCUT2D eigenvalue weighted by atomic mass is 9.68. The van der Waals surface area contributed by atoms with Crippen molar-refractivity contribution in [3.05, 3.63) is 81.0 Å². The van der Waals surface area contributed by atoms with E-state index in [-0.39, 0.29) is 40.8 Å². The van der Waals surface area contributed by atoms with E-state index < -0.39 is 11.6 Å². The number of pyridine rings is 1. The molecule has 2 saturated heterocycles. The quantitative estimate of drug-likeness (QED) is 0.188. The van der Waals surface area contributed by atoms with Crippen molar-refractivity contribution < 1.29 is 22.8 Å². The molecule has 0 unspecified atom stereocenters. The van der Waals surface area contributed by atoms with Gasteiger partial charge >= 0.3 is 5.76 Å². The van der Waals surface area contributed by atoms with Crippen molar-refractivity contribution in [2.75, 3.05) is 25.0 Å². The fourth-order valence-corrected chi connectivity index (χ4v) is 7.65. The second-order valence-electron chi connectivity index (χ2n) is 14.2. The number of carbonyl (C=O) groups is 1. The molecule has 1 aliphatic carbocycles. The SMILES string of the molecule is CC(C)c1nnc(-c2c(CCC34CCC(CC3)OC4)nc3c(c2-c2ccc4c(c2)oc(=O)n4Cc2ccc(C#N)c(F)c2)C(=O)NCCCN3)o1. The van der Waals surface area contributed by atoms with Gasteiger partial charge in [-0.05, 0) is 85.8 Å². The maximum Gasteiger partial charge on any atom is 0.420 e. The largest absolute Gasteiger partial charge is 0.420 e. The van der Waals surface area contributed by atoms with Gasteiger partial charge in [-0.15, -0.1) is 10.2 Å². The Morgan fingerprint density at radius 3 is 2.59 bits per heavy atom. The molecule has 2 N–H and O–H groups in total. The highest BCUT2D eigenvalue weighted by Crippen LogP contribution is 2.48. The minimum absolute atomic E-state index is 0.0242. The van der Waals surface area contributed by atoms with Crippen LogP contribution < -0.4 is 16.4 Å². The number of nitrogens with one attached hydrogen (secondary N) is 2. The van der Waals surface area contributed by atoms with E-state index in [1.54, 1.807) is 18.2 Å². The average Bonchev–Trinajstić information content (AvgIpc) is 3.74. The predicted octanol–water partition coefficient (Wildman–Crippen LogP) is 6.33. The molecule has 3 aliphatic heterocycles. The zero-order valence-electron chi connectivity index (χ0n) is 28.6. The molecule has 5 aromatic rings. The van der Waals surface area contributed by atoms with Crippen molar-refractivity contribution in [2.45, 2.75) is 77.4 Å². The molecule has 1 amide bonds. The molecule has 51 heavy (non-hydrogen) atoms. The first-order chi connectivity index (χ1) is 24.7. The standard InChI is InChI=1S/C38H38FN7O5/c1-21(2)35-44-45-36(51-35)31-27(10-13-38-11-8-25(9-12-38)49-20-38)43-33-32(34(47)42-15-3-14-41-33)30(31)23-6-7-28-29(17-23)50-37(48)46(28)19-22-4-5-24(18-40)26(39)16-22/h4-7,16-17,21,25H,3,8-15,19-20H2,1-2H3,(H,41,43)(H,42,47).